The molecule has 5 nitrogen and oxygen atoms in total. The zero-order chi connectivity index (χ0) is 17.3. The third-order valence-electron chi connectivity index (χ3n) is 3.70. The van der Waals surface area contributed by atoms with Crippen LogP contribution in [0.25, 0.3) is 11.3 Å². The zero-order valence-corrected chi connectivity index (χ0v) is 14.9. The van der Waals surface area contributed by atoms with Gasteiger partial charge in [-0.3, -0.25) is 4.72 Å². The fourth-order valence-electron chi connectivity index (χ4n) is 2.21. The molecule has 0 aliphatic heterocycles. The Morgan fingerprint density at radius 1 is 1.08 bits per heavy atom. The molecule has 0 unspecified atom stereocenters. The van der Waals surface area contributed by atoms with Crippen molar-refractivity contribution in [3.63, 3.8) is 0 Å². The summed E-state index contributed by atoms with van der Waals surface area (Å²) in [6.45, 7) is 3.83. The third-order valence-corrected chi connectivity index (χ3v) is 5.92. The number of rotatable bonds is 4. The van der Waals surface area contributed by atoms with E-state index in [-0.39, 0.29) is 4.90 Å². The molecule has 0 saturated heterocycles. The van der Waals surface area contributed by atoms with E-state index in [0.717, 1.165) is 16.7 Å². The van der Waals surface area contributed by atoms with Crippen LogP contribution < -0.4 is 10.5 Å². The number of hydrogen-bond acceptors (Lipinski definition) is 5. The van der Waals surface area contributed by atoms with Gasteiger partial charge in [-0.1, -0.05) is 18.2 Å². The largest absolute Gasteiger partial charge is 0.399 e. The molecule has 0 aliphatic rings. The standard InChI is InChI=1S/C17H17N3O2S2/c1-11-6-7-15(8-12(11)2)24(21,22)20-17-19-16(10-23-17)13-4-3-5-14(18)9-13/h3-10H,18H2,1-2H3,(H,19,20). The molecule has 1 aromatic heterocycles. The second kappa shape index (κ2) is 6.26. The van der Waals surface area contributed by atoms with Crippen LogP contribution in [0.15, 0.2) is 52.7 Å². The Labute approximate surface area is 145 Å². The fourth-order valence-corrected chi connectivity index (χ4v) is 4.26. The number of nitrogens with one attached hydrogen (secondary N) is 1. The molecule has 0 saturated carbocycles. The molecule has 3 aromatic rings. The second-order valence-electron chi connectivity index (χ2n) is 5.51. The summed E-state index contributed by atoms with van der Waals surface area (Å²) in [5.41, 5.74) is 9.92. The van der Waals surface area contributed by atoms with Gasteiger partial charge in [-0.25, -0.2) is 13.4 Å². The quantitative estimate of drug-likeness (QED) is 0.694. The zero-order valence-electron chi connectivity index (χ0n) is 13.3. The lowest BCUT2D eigenvalue weighted by molar-refractivity contribution is 0.601. The lowest BCUT2D eigenvalue weighted by Gasteiger charge is -2.07. The predicted molar refractivity (Wildman–Crippen MR) is 98.7 cm³/mol. The molecule has 3 N–H and O–H groups in total. The summed E-state index contributed by atoms with van der Waals surface area (Å²) in [4.78, 5) is 4.57. The van der Waals surface area contributed by atoms with E-state index in [1.165, 1.54) is 11.3 Å². The number of nitrogen functional groups attached to an aromatic ring is 1. The molecule has 124 valence electrons. The second-order valence-corrected chi connectivity index (χ2v) is 8.06. The highest BCUT2D eigenvalue weighted by Gasteiger charge is 2.17. The lowest BCUT2D eigenvalue weighted by atomic mass is 10.1. The van der Waals surface area contributed by atoms with E-state index >= 15 is 0 Å². The van der Waals surface area contributed by atoms with Crippen molar-refractivity contribution >= 4 is 32.2 Å². The molecule has 2 aromatic carbocycles. The molecule has 3 rings (SSSR count). The van der Waals surface area contributed by atoms with E-state index in [1.54, 1.807) is 35.7 Å². The minimum atomic E-state index is -3.66. The summed E-state index contributed by atoms with van der Waals surface area (Å²) in [6.07, 6.45) is 0. The Kier molecular flexibility index (Phi) is 4.29. The maximum Gasteiger partial charge on any atom is 0.263 e. The number of aryl methyl sites for hydroxylation is 2. The fraction of sp³-hybridized carbons (Fsp3) is 0.118. The van der Waals surface area contributed by atoms with E-state index in [1.807, 2.05) is 26.0 Å². The van der Waals surface area contributed by atoms with Crippen molar-refractivity contribution in [1.29, 1.82) is 0 Å². The molecule has 0 aliphatic carbocycles. The van der Waals surface area contributed by atoms with Gasteiger partial charge in [-0.2, -0.15) is 0 Å². The van der Waals surface area contributed by atoms with E-state index in [0.29, 0.717) is 16.5 Å². The monoisotopic (exact) mass is 359 g/mol. The first-order valence-corrected chi connectivity index (χ1v) is 9.63. The molecule has 0 bridgehead atoms. The number of aromatic nitrogens is 1. The van der Waals surface area contributed by atoms with Gasteiger partial charge < -0.3 is 5.73 Å². The predicted octanol–water partition coefficient (Wildman–Crippen LogP) is 3.81. The number of benzene rings is 2. The van der Waals surface area contributed by atoms with Crippen molar-refractivity contribution in [3.8, 4) is 11.3 Å². The van der Waals surface area contributed by atoms with Crippen LogP contribution in [0.3, 0.4) is 0 Å². The number of sulfonamides is 1. The third kappa shape index (κ3) is 3.42. The van der Waals surface area contributed by atoms with Crippen molar-refractivity contribution in [2.45, 2.75) is 18.7 Å². The summed E-state index contributed by atoms with van der Waals surface area (Å²) in [7, 11) is -3.66. The van der Waals surface area contributed by atoms with Crippen molar-refractivity contribution in [3.05, 3.63) is 59.0 Å². The maximum atomic E-state index is 12.5. The summed E-state index contributed by atoms with van der Waals surface area (Å²) in [5.74, 6) is 0. The highest BCUT2D eigenvalue weighted by atomic mass is 32.2. The molecule has 7 heteroatoms. The molecule has 1 heterocycles. The van der Waals surface area contributed by atoms with Crippen LogP contribution in [0, 0.1) is 13.8 Å². The van der Waals surface area contributed by atoms with Crippen LogP contribution >= 0.6 is 11.3 Å². The molecular weight excluding hydrogens is 342 g/mol. The van der Waals surface area contributed by atoms with Gasteiger partial charge in [-0.05, 0) is 49.2 Å². The SMILES string of the molecule is Cc1ccc(S(=O)(=O)Nc2nc(-c3cccc(N)c3)cs2)cc1C. The van der Waals surface area contributed by atoms with Gasteiger partial charge >= 0.3 is 0 Å². The number of anilines is 2. The van der Waals surface area contributed by atoms with Crippen molar-refractivity contribution in [2.75, 3.05) is 10.5 Å². The van der Waals surface area contributed by atoms with Crippen LogP contribution in [0.4, 0.5) is 10.8 Å². The molecule has 0 fully saturated rings. The Bertz CT molecular complexity index is 995. The first-order valence-electron chi connectivity index (χ1n) is 7.27. The Balaban J connectivity index is 1.87. The van der Waals surface area contributed by atoms with Gasteiger partial charge in [-0.15, -0.1) is 11.3 Å². The van der Waals surface area contributed by atoms with E-state index in [2.05, 4.69) is 9.71 Å². The molecular formula is C17H17N3O2S2. The van der Waals surface area contributed by atoms with Crippen molar-refractivity contribution in [1.82, 2.24) is 4.98 Å². The van der Waals surface area contributed by atoms with Crippen LogP contribution in [0.1, 0.15) is 11.1 Å². The van der Waals surface area contributed by atoms with Gasteiger partial charge in [0.05, 0.1) is 10.6 Å². The summed E-state index contributed by atoms with van der Waals surface area (Å²) < 4.78 is 27.5. The molecule has 0 radical (unpaired) electrons. The maximum absolute atomic E-state index is 12.5. The summed E-state index contributed by atoms with van der Waals surface area (Å²) >= 11 is 1.24. The summed E-state index contributed by atoms with van der Waals surface area (Å²) in [5, 5.41) is 2.12. The lowest BCUT2D eigenvalue weighted by Crippen LogP contribution is -2.13. The van der Waals surface area contributed by atoms with Gasteiger partial charge in [0.2, 0.25) is 0 Å². The van der Waals surface area contributed by atoms with Crippen molar-refractivity contribution in [2.24, 2.45) is 0 Å². The van der Waals surface area contributed by atoms with Gasteiger partial charge in [0, 0.05) is 16.6 Å². The van der Waals surface area contributed by atoms with E-state index in [4.69, 9.17) is 5.73 Å². The minimum absolute atomic E-state index is 0.228. The Hall–Kier alpha value is -2.38. The number of hydrogen-bond donors (Lipinski definition) is 2. The van der Waals surface area contributed by atoms with E-state index < -0.39 is 10.0 Å². The highest BCUT2D eigenvalue weighted by Crippen LogP contribution is 2.27. The smallest absolute Gasteiger partial charge is 0.263 e. The first kappa shape index (κ1) is 16.5. The molecule has 0 amide bonds. The van der Waals surface area contributed by atoms with Crippen LogP contribution in [-0.2, 0) is 10.0 Å². The van der Waals surface area contributed by atoms with Crippen LogP contribution in [0.2, 0.25) is 0 Å². The topological polar surface area (TPSA) is 85.1 Å². The average molecular weight is 359 g/mol. The summed E-state index contributed by atoms with van der Waals surface area (Å²) in [6, 6.07) is 12.4. The number of thiazole rings is 1. The molecule has 0 atom stereocenters. The van der Waals surface area contributed by atoms with Gasteiger partial charge in [0.25, 0.3) is 10.0 Å². The minimum Gasteiger partial charge on any atom is -0.399 e. The van der Waals surface area contributed by atoms with E-state index in [9.17, 15) is 8.42 Å². The Morgan fingerprint density at radius 3 is 2.58 bits per heavy atom. The van der Waals surface area contributed by atoms with Crippen LogP contribution in [-0.4, -0.2) is 13.4 Å². The van der Waals surface area contributed by atoms with Crippen molar-refractivity contribution < 1.29 is 8.42 Å². The van der Waals surface area contributed by atoms with Gasteiger partial charge in [0.15, 0.2) is 5.13 Å². The molecule has 0 spiro atoms. The number of nitrogens with zero attached hydrogens (tertiary/aromatic N) is 1. The van der Waals surface area contributed by atoms with Crippen LogP contribution in [0.5, 0.6) is 0 Å². The molecule has 24 heavy (non-hydrogen) atoms. The van der Waals surface area contributed by atoms with Gasteiger partial charge in [0.1, 0.15) is 0 Å². The number of nitrogens with two attached hydrogens (primary N) is 1. The average Bonchev–Trinajstić information content (AvgIpc) is 2.97. The highest BCUT2D eigenvalue weighted by molar-refractivity contribution is 7.93. The normalized spacial score (nSPS) is 11.4. The Morgan fingerprint density at radius 2 is 1.88 bits per heavy atom. The first-order chi connectivity index (χ1) is 11.3.